The topological polar surface area (TPSA) is 31.4 Å². The molecule has 0 unspecified atom stereocenters. The quantitative estimate of drug-likeness (QED) is 0.773. The molecule has 1 aromatic rings. The Hall–Kier alpha value is -0.610. The van der Waals surface area contributed by atoms with Gasteiger partial charge in [0.25, 0.3) is 0 Å². The summed E-state index contributed by atoms with van der Waals surface area (Å²) in [5.74, 6) is 0.644. The molecule has 1 fully saturated rings. The van der Waals surface area contributed by atoms with Gasteiger partial charge in [-0.25, -0.2) is 4.98 Å². The van der Waals surface area contributed by atoms with Crippen LogP contribution in [0.2, 0.25) is 0 Å². The van der Waals surface area contributed by atoms with Crippen LogP contribution in [0.25, 0.3) is 0 Å². The van der Waals surface area contributed by atoms with E-state index in [9.17, 15) is 0 Å². The third-order valence-corrected chi connectivity index (χ3v) is 2.21. The molecule has 0 atom stereocenters. The van der Waals surface area contributed by atoms with Crippen molar-refractivity contribution in [1.29, 1.82) is 0 Å². The molecule has 12 heavy (non-hydrogen) atoms. The van der Waals surface area contributed by atoms with E-state index >= 15 is 0 Å². The Balaban J connectivity index is 2.06. The highest BCUT2D eigenvalue weighted by Crippen LogP contribution is 2.23. The zero-order valence-corrected chi connectivity index (χ0v) is 7.95. The third-order valence-electron chi connectivity index (χ3n) is 1.61. The van der Waals surface area contributed by atoms with Crippen molar-refractivity contribution in [3.05, 3.63) is 22.8 Å². The van der Waals surface area contributed by atoms with Gasteiger partial charge in [-0.3, -0.25) is 0 Å². The summed E-state index contributed by atoms with van der Waals surface area (Å²) in [6, 6.07) is 3.76. The Morgan fingerprint density at radius 3 is 3.00 bits per heavy atom. The number of pyridine rings is 1. The Morgan fingerprint density at radius 2 is 2.42 bits per heavy atom. The minimum Gasteiger partial charge on any atom is -0.469 e. The Labute approximate surface area is 78.8 Å². The predicted molar refractivity (Wildman–Crippen MR) is 47.2 cm³/mol. The van der Waals surface area contributed by atoms with Gasteiger partial charge in [0.15, 0.2) is 0 Å². The maximum Gasteiger partial charge on any atom is 0.228 e. The lowest BCUT2D eigenvalue weighted by Gasteiger charge is -2.26. The van der Waals surface area contributed by atoms with Gasteiger partial charge in [0.05, 0.1) is 17.7 Å². The maximum absolute atomic E-state index is 5.50. The number of nitrogens with zero attached hydrogens (tertiary/aromatic N) is 1. The summed E-state index contributed by atoms with van der Waals surface area (Å²) in [7, 11) is 0. The van der Waals surface area contributed by atoms with Crippen molar-refractivity contribution in [1.82, 2.24) is 4.98 Å². The maximum atomic E-state index is 5.50. The summed E-state index contributed by atoms with van der Waals surface area (Å²) >= 11 is 3.35. The molecule has 1 aliphatic rings. The molecule has 0 bridgehead atoms. The van der Waals surface area contributed by atoms with E-state index in [1.807, 2.05) is 12.1 Å². The molecule has 3 nitrogen and oxygen atoms in total. The highest BCUT2D eigenvalue weighted by Gasteiger charge is 2.21. The molecule has 0 saturated carbocycles. The van der Waals surface area contributed by atoms with Crippen LogP contribution < -0.4 is 4.74 Å². The monoisotopic (exact) mass is 229 g/mol. The van der Waals surface area contributed by atoms with Crippen molar-refractivity contribution in [3.63, 3.8) is 0 Å². The number of halogens is 1. The van der Waals surface area contributed by atoms with Crippen LogP contribution in [0.3, 0.4) is 0 Å². The molecule has 0 amide bonds. The SMILES string of the molecule is Brc1cccnc1OC1COC1. The van der Waals surface area contributed by atoms with E-state index < -0.39 is 0 Å². The average Bonchev–Trinajstić information content (AvgIpc) is 2.00. The van der Waals surface area contributed by atoms with E-state index in [1.165, 1.54) is 0 Å². The van der Waals surface area contributed by atoms with Crippen molar-refractivity contribution >= 4 is 15.9 Å². The van der Waals surface area contributed by atoms with E-state index in [2.05, 4.69) is 20.9 Å². The van der Waals surface area contributed by atoms with E-state index in [4.69, 9.17) is 9.47 Å². The van der Waals surface area contributed by atoms with E-state index in [0.29, 0.717) is 19.1 Å². The third kappa shape index (κ3) is 1.59. The van der Waals surface area contributed by atoms with Gasteiger partial charge in [-0.1, -0.05) is 0 Å². The van der Waals surface area contributed by atoms with Gasteiger partial charge in [-0.15, -0.1) is 0 Å². The zero-order valence-electron chi connectivity index (χ0n) is 6.37. The van der Waals surface area contributed by atoms with Crippen molar-refractivity contribution in [2.45, 2.75) is 6.10 Å². The van der Waals surface area contributed by atoms with Crippen LogP contribution in [0.15, 0.2) is 22.8 Å². The molecule has 0 aromatic carbocycles. The molecule has 0 N–H and O–H groups in total. The van der Waals surface area contributed by atoms with Gasteiger partial charge in [0, 0.05) is 6.20 Å². The first kappa shape index (κ1) is 8.01. The first-order chi connectivity index (χ1) is 5.86. The lowest BCUT2D eigenvalue weighted by molar-refractivity contribution is -0.0816. The Kier molecular flexibility index (Phi) is 2.28. The van der Waals surface area contributed by atoms with Gasteiger partial charge in [-0.2, -0.15) is 0 Å². The highest BCUT2D eigenvalue weighted by atomic mass is 79.9. The van der Waals surface area contributed by atoms with Gasteiger partial charge in [-0.05, 0) is 28.1 Å². The average molecular weight is 230 g/mol. The number of hydrogen-bond donors (Lipinski definition) is 0. The van der Waals surface area contributed by atoms with Crippen LogP contribution in [-0.2, 0) is 4.74 Å². The number of hydrogen-bond acceptors (Lipinski definition) is 3. The standard InChI is InChI=1S/C8H8BrNO2/c9-7-2-1-3-10-8(7)12-6-4-11-5-6/h1-3,6H,4-5H2. The summed E-state index contributed by atoms with van der Waals surface area (Å²) in [6.45, 7) is 1.34. The molecule has 0 aliphatic carbocycles. The molecule has 4 heteroatoms. The summed E-state index contributed by atoms with van der Waals surface area (Å²) in [5.41, 5.74) is 0. The highest BCUT2D eigenvalue weighted by molar-refractivity contribution is 9.10. The van der Waals surface area contributed by atoms with Crippen LogP contribution >= 0.6 is 15.9 Å². The molecule has 2 heterocycles. The molecule has 1 saturated heterocycles. The van der Waals surface area contributed by atoms with Crippen LogP contribution in [-0.4, -0.2) is 24.3 Å². The molecular formula is C8H8BrNO2. The summed E-state index contributed by atoms with van der Waals surface area (Å²) in [5, 5.41) is 0. The fraction of sp³-hybridized carbons (Fsp3) is 0.375. The molecular weight excluding hydrogens is 222 g/mol. The second-order valence-corrected chi connectivity index (χ2v) is 3.42. The number of ether oxygens (including phenoxy) is 2. The summed E-state index contributed by atoms with van der Waals surface area (Å²) in [4.78, 5) is 4.08. The summed E-state index contributed by atoms with van der Waals surface area (Å²) < 4.78 is 11.4. The minimum atomic E-state index is 0.177. The zero-order chi connectivity index (χ0) is 8.39. The summed E-state index contributed by atoms with van der Waals surface area (Å²) in [6.07, 6.45) is 1.88. The first-order valence-corrected chi connectivity index (χ1v) is 4.50. The Morgan fingerprint density at radius 1 is 1.58 bits per heavy atom. The van der Waals surface area contributed by atoms with E-state index in [-0.39, 0.29) is 6.10 Å². The molecule has 1 aliphatic heterocycles. The smallest absolute Gasteiger partial charge is 0.228 e. The van der Waals surface area contributed by atoms with Crippen LogP contribution in [0.5, 0.6) is 5.88 Å². The van der Waals surface area contributed by atoms with Crippen LogP contribution in [0, 0.1) is 0 Å². The molecule has 64 valence electrons. The lowest BCUT2D eigenvalue weighted by atomic mass is 10.3. The first-order valence-electron chi connectivity index (χ1n) is 3.71. The van der Waals surface area contributed by atoms with E-state index in [0.717, 1.165) is 4.47 Å². The van der Waals surface area contributed by atoms with Crippen molar-refractivity contribution in [2.75, 3.05) is 13.2 Å². The molecule has 0 radical (unpaired) electrons. The lowest BCUT2D eigenvalue weighted by Crippen LogP contribution is -2.38. The molecule has 1 aromatic heterocycles. The normalized spacial score (nSPS) is 17.1. The molecule has 2 rings (SSSR count). The molecule has 0 spiro atoms. The fourth-order valence-corrected chi connectivity index (χ4v) is 1.25. The van der Waals surface area contributed by atoms with Gasteiger partial charge in [0.1, 0.15) is 6.10 Å². The predicted octanol–water partition coefficient (Wildman–Crippen LogP) is 1.62. The second kappa shape index (κ2) is 3.41. The van der Waals surface area contributed by atoms with Crippen LogP contribution in [0.1, 0.15) is 0 Å². The van der Waals surface area contributed by atoms with Crippen molar-refractivity contribution in [3.8, 4) is 5.88 Å². The van der Waals surface area contributed by atoms with Crippen LogP contribution in [0.4, 0.5) is 0 Å². The second-order valence-electron chi connectivity index (χ2n) is 2.57. The Bertz CT molecular complexity index is 276. The number of aromatic nitrogens is 1. The van der Waals surface area contributed by atoms with Gasteiger partial charge < -0.3 is 9.47 Å². The fourth-order valence-electron chi connectivity index (χ4n) is 0.898. The van der Waals surface area contributed by atoms with E-state index in [1.54, 1.807) is 6.20 Å². The van der Waals surface area contributed by atoms with Gasteiger partial charge in [0.2, 0.25) is 5.88 Å². The van der Waals surface area contributed by atoms with Crippen molar-refractivity contribution < 1.29 is 9.47 Å². The largest absolute Gasteiger partial charge is 0.469 e. The van der Waals surface area contributed by atoms with Crippen molar-refractivity contribution in [2.24, 2.45) is 0 Å². The van der Waals surface area contributed by atoms with Gasteiger partial charge >= 0.3 is 0 Å². The number of rotatable bonds is 2. The minimum absolute atomic E-state index is 0.177.